The summed E-state index contributed by atoms with van der Waals surface area (Å²) in [5.41, 5.74) is 2.64. The fourth-order valence-corrected chi connectivity index (χ4v) is 4.95. The molecular weight excluding hydrogens is 514 g/mol. The number of nitrogens with one attached hydrogen (secondary N) is 4. The Kier molecular flexibility index (Phi) is 12.0. The standard InChI is InChI=1S/C33H49N5O3/c1-24(2)21-28(36-32(41)38-19-11-6-7-12-20-38)30(39)35-29(31(40)37-33(3,4)5)22-25-15-17-27(18-16-25)34-23-26-13-9-8-10-14-26/h8-10,13-18,24,28-29,34H,6-7,11-12,19-23H2,1-5H3,(H,35,39)(H,36,41)(H,37,40). The van der Waals surface area contributed by atoms with Crippen molar-refractivity contribution in [1.82, 2.24) is 20.9 Å². The predicted molar refractivity (Wildman–Crippen MR) is 166 cm³/mol. The van der Waals surface area contributed by atoms with Gasteiger partial charge in [-0.1, -0.05) is 69.2 Å². The molecule has 0 saturated carbocycles. The van der Waals surface area contributed by atoms with Gasteiger partial charge in [-0.15, -0.1) is 0 Å². The van der Waals surface area contributed by atoms with E-state index in [1.807, 2.05) is 82.0 Å². The van der Waals surface area contributed by atoms with Gasteiger partial charge in [0.1, 0.15) is 12.1 Å². The van der Waals surface area contributed by atoms with E-state index >= 15 is 0 Å². The van der Waals surface area contributed by atoms with Gasteiger partial charge in [0.25, 0.3) is 0 Å². The fraction of sp³-hybridized carbons (Fsp3) is 0.545. The van der Waals surface area contributed by atoms with Crippen LogP contribution in [0.2, 0.25) is 0 Å². The molecule has 0 radical (unpaired) electrons. The molecule has 0 aromatic heterocycles. The molecule has 8 heteroatoms. The minimum absolute atomic E-state index is 0.188. The molecule has 2 aromatic rings. The lowest BCUT2D eigenvalue weighted by Crippen LogP contribution is -2.58. The zero-order chi connectivity index (χ0) is 29.8. The van der Waals surface area contributed by atoms with E-state index < -0.39 is 17.6 Å². The Morgan fingerprint density at radius 3 is 2.00 bits per heavy atom. The molecule has 4 amide bonds. The maximum atomic E-state index is 13.6. The second-order valence-corrected chi connectivity index (χ2v) is 12.6. The van der Waals surface area contributed by atoms with Crippen molar-refractivity contribution in [1.29, 1.82) is 0 Å². The summed E-state index contributed by atoms with van der Waals surface area (Å²) in [6.45, 7) is 11.9. The van der Waals surface area contributed by atoms with Crippen LogP contribution in [0.4, 0.5) is 10.5 Å². The molecule has 3 rings (SSSR count). The third-order valence-corrected chi connectivity index (χ3v) is 7.08. The lowest BCUT2D eigenvalue weighted by molar-refractivity contribution is -0.130. The summed E-state index contributed by atoms with van der Waals surface area (Å²) < 4.78 is 0. The fourth-order valence-electron chi connectivity index (χ4n) is 4.95. The summed E-state index contributed by atoms with van der Waals surface area (Å²) in [7, 11) is 0. The van der Waals surface area contributed by atoms with E-state index in [1.54, 1.807) is 0 Å². The normalized spacial score (nSPS) is 15.4. The molecule has 0 bridgehead atoms. The van der Waals surface area contributed by atoms with Crippen LogP contribution in [0, 0.1) is 5.92 Å². The monoisotopic (exact) mass is 563 g/mol. The van der Waals surface area contributed by atoms with E-state index in [0.717, 1.165) is 36.9 Å². The molecule has 2 unspecified atom stereocenters. The van der Waals surface area contributed by atoms with Gasteiger partial charge in [0.2, 0.25) is 11.8 Å². The van der Waals surface area contributed by atoms with E-state index in [0.29, 0.717) is 32.5 Å². The maximum absolute atomic E-state index is 13.6. The first-order chi connectivity index (χ1) is 19.5. The number of hydrogen-bond acceptors (Lipinski definition) is 4. The molecule has 2 atom stereocenters. The van der Waals surface area contributed by atoms with Gasteiger partial charge in [-0.3, -0.25) is 9.59 Å². The molecule has 4 N–H and O–H groups in total. The molecule has 1 fully saturated rings. The number of amides is 4. The quantitative estimate of drug-likeness (QED) is 0.300. The number of nitrogens with zero attached hydrogens (tertiary/aromatic N) is 1. The van der Waals surface area contributed by atoms with Crippen LogP contribution in [-0.2, 0) is 22.6 Å². The first-order valence-electron chi connectivity index (χ1n) is 15.0. The van der Waals surface area contributed by atoms with Crippen LogP contribution in [0.15, 0.2) is 54.6 Å². The van der Waals surface area contributed by atoms with E-state index in [4.69, 9.17) is 0 Å². The Balaban J connectivity index is 1.70. The zero-order valence-electron chi connectivity index (χ0n) is 25.5. The molecule has 224 valence electrons. The molecule has 1 heterocycles. The molecule has 1 aliphatic heterocycles. The lowest BCUT2D eigenvalue weighted by atomic mass is 10.00. The van der Waals surface area contributed by atoms with E-state index in [9.17, 15) is 14.4 Å². The van der Waals surface area contributed by atoms with Crippen LogP contribution in [0.1, 0.15) is 77.8 Å². The highest BCUT2D eigenvalue weighted by Crippen LogP contribution is 2.15. The highest BCUT2D eigenvalue weighted by atomic mass is 16.2. The largest absolute Gasteiger partial charge is 0.381 e. The van der Waals surface area contributed by atoms with E-state index in [2.05, 4.69) is 33.4 Å². The second kappa shape index (κ2) is 15.5. The highest BCUT2D eigenvalue weighted by Gasteiger charge is 2.30. The van der Waals surface area contributed by atoms with Crippen molar-refractivity contribution in [3.63, 3.8) is 0 Å². The first-order valence-corrected chi connectivity index (χ1v) is 15.0. The Hall–Kier alpha value is -3.55. The molecule has 0 spiro atoms. The zero-order valence-corrected chi connectivity index (χ0v) is 25.5. The smallest absolute Gasteiger partial charge is 0.318 e. The van der Waals surface area contributed by atoms with Crippen LogP contribution in [-0.4, -0.2) is 53.5 Å². The number of benzene rings is 2. The first kappa shape index (κ1) is 32.0. The summed E-state index contributed by atoms with van der Waals surface area (Å²) in [5.74, 6) is -0.399. The lowest BCUT2D eigenvalue weighted by Gasteiger charge is -2.29. The number of carbonyl (C=O) groups excluding carboxylic acids is 3. The number of urea groups is 1. The van der Waals surface area contributed by atoms with Gasteiger partial charge in [0, 0.05) is 37.3 Å². The summed E-state index contributed by atoms with van der Waals surface area (Å²) in [6, 6.07) is 16.4. The maximum Gasteiger partial charge on any atom is 0.318 e. The Morgan fingerprint density at radius 1 is 0.780 bits per heavy atom. The third-order valence-electron chi connectivity index (χ3n) is 7.08. The van der Waals surface area contributed by atoms with E-state index in [1.165, 1.54) is 5.56 Å². The van der Waals surface area contributed by atoms with Gasteiger partial charge in [-0.05, 0) is 69.2 Å². The number of likely N-dealkylation sites (tertiary alicyclic amines) is 1. The summed E-state index contributed by atoms with van der Waals surface area (Å²) >= 11 is 0. The summed E-state index contributed by atoms with van der Waals surface area (Å²) in [4.78, 5) is 41.8. The number of anilines is 1. The van der Waals surface area contributed by atoms with E-state index in [-0.39, 0.29) is 23.8 Å². The SMILES string of the molecule is CC(C)CC(NC(=O)N1CCCCCC1)C(=O)NC(Cc1ccc(NCc2ccccc2)cc1)C(=O)NC(C)(C)C. The van der Waals surface area contributed by atoms with Crippen LogP contribution in [0.3, 0.4) is 0 Å². The van der Waals surface area contributed by atoms with Crippen molar-refractivity contribution >= 4 is 23.5 Å². The van der Waals surface area contributed by atoms with Crippen molar-refractivity contribution < 1.29 is 14.4 Å². The molecule has 1 aliphatic rings. The van der Waals surface area contributed by atoms with Crippen molar-refractivity contribution in [2.45, 2.75) is 97.3 Å². The topological polar surface area (TPSA) is 103 Å². The Labute approximate surface area is 246 Å². The molecular formula is C33H49N5O3. The Bertz CT molecular complexity index is 1100. The average Bonchev–Trinajstić information content (AvgIpc) is 3.21. The van der Waals surface area contributed by atoms with Gasteiger partial charge in [-0.2, -0.15) is 0 Å². The molecule has 2 aromatic carbocycles. The van der Waals surface area contributed by atoms with Crippen molar-refractivity contribution in [3.8, 4) is 0 Å². The number of carbonyl (C=O) groups is 3. The van der Waals surface area contributed by atoms with Gasteiger partial charge >= 0.3 is 6.03 Å². The van der Waals surface area contributed by atoms with Crippen molar-refractivity contribution in [2.75, 3.05) is 18.4 Å². The summed E-state index contributed by atoms with van der Waals surface area (Å²) in [6.07, 6.45) is 5.01. The van der Waals surface area contributed by atoms with Crippen LogP contribution in [0.5, 0.6) is 0 Å². The number of hydrogen-bond donors (Lipinski definition) is 4. The average molecular weight is 564 g/mol. The van der Waals surface area contributed by atoms with Crippen LogP contribution >= 0.6 is 0 Å². The minimum atomic E-state index is -0.783. The third kappa shape index (κ3) is 11.5. The second-order valence-electron chi connectivity index (χ2n) is 12.6. The van der Waals surface area contributed by atoms with Gasteiger partial charge in [0.15, 0.2) is 0 Å². The molecule has 1 saturated heterocycles. The van der Waals surface area contributed by atoms with Gasteiger partial charge < -0.3 is 26.2 Å². The number of rotatable bonds is 11. The van der Waals surface area contributed by atoms with Crippen molar-refractivity contribution in [2.24, 2.45) is 5.92 Å². The minimum Gasteiger partial charge on any atom is -0.381 e. The van der Waals surface area contributed by atoms with Gasteiger partial charge in [0.05, 0.1) is 0 Å². The van der Waals surface area contributed by atoms with Crippen LogP contribution in [0.25, 0.3) is 0 Å². The predicted octanol–water partition coefficient (Wildman–Crippen LogP) is 5.24. The van der Waals surface area contributed by atoms with Gasteiger partial charge in [-0.25, -0.2) is 4.79 Å². The highest BCUT2D eigenvalue weighted by molar-refractivity contribution is 5.92. The van der Waals surface area contributed by atoms with Crippen LogP contribution < -0.4 is 21.3 Å². The molecule has 0 aliphatic carbocycles. The molecule has 41 heavy (non-hydrogen) atoms. The summed E-state index contributed by atoms with van der Waals surface area (Å²) in [5, 5.41) is 12.4. The molecule has 8 nitrogen and oxygen atoms in total. The Morgan fingerprint density at radius 2 is 1.41 bits per heavy atom. The van der Waals surface area contributed by atoms with Crippen molar-refractivity contribution in [3.05, 3.63) is 65.7 Å².